The molecule has 9 heteroatoms. The maximum atomic E-state index is 12.4. The van der Waals surface area contributed by atoms with Crippen molar-refractivity contribution >= 4 is 27.4 Å². The zero-order chi connectivity index (χ0) is 21.6. The van der Waals surface area contributed by atoms with Crippen LogP contribution < -0.4 is 19.5 Å². The quantitative estimate of drug-likeness (QED) is 0.571. The fraction of sp³-hybridized carbons (Fsp3) is 0.143. The molecule has 0 unspecified atom stereocenters. The van der Waals surface area contributed by atoms with Gasteiger partial charge in [-0.15, -0.1) is 0 Å². The summed E-state index contributed by atoms with van der Waals surface area (Å²) in [6.45, 7) is 1.62. The minimum absolute atomic E-state index is 0.0497. The first-order valence-electron chi connectivity index (χ1n) is 9.03. The number of nitrogens with zero attached hydrogens (tertiary/aromatic N) is 1. The number of sulfonamides is 1. The van der Waals surface area contributed by atoms with Crippen molar-refractivity contribution < 1.29 is 22.7 Å². The molecule has 0 fully saturated rings. The van der Waals surface area contributed by atoms with Gasteiger partial charge in [0.15, 0.2) is 6.10 Å². The molecule has 0 aliphatic rings. The van der Waals surface area contributed by atoms with Crippen LogP contribution in [0.15, 0.2) is 77.8 Å². The minimum Gasteiger partial charge on any atom is -0.497 e. The molecule has 3 aromatic rings. The van der Waals surface area contributed by atoms with Crippen molar-refractivity contribution in [3.63, 3.8) is 0 Å². The van der Waals surface area contributed by atoms with Crippen molar-refractivity contribution in [1.82, 2.24) is 4.98 Å². The van der Waals surface area contributed by atoms with Gasteiger partial charge in [-0.2, -0.15) is 0 Å². The van der Waals surface area contributed by atoms with E-state index in [1.165, 1.54) is 30.5 Å². The highest BCUT2D eigenvalue weighted by Gasteiger charge is 2.17. The first-order chi connectivity index (χ1) is 14.4. The van der Waals surface area contributed by atoms with Gasteiger partial charge in [0, 0.05) is 11.9 Å². The number of methoxy groups -OCH3 is 1. The molecule has 1 heterocycles. The van der Waals surface area contributed by atoms with Crippen LogP contribution in [0, 0.1) is 0 Å². The molecule has 8 nitrogen and oxygen atoms in total. The number of ether oxygens (including phenoxy) is 2. The lowest BCUT2D eigenvalue weighted by molar-refractivity contribution is -0.122. The highest BCUT2D eigenvalue weighted by atomic mass is 32.2. The van der Waals surface area contributed by atoms with Crippen LogP contribution in [0.25, 0.3) is 0 Å². The number of rotatable bonds is 8. The summed E-state index contributed by atoms with van der Waals surface area (Å²) in [5.74, 6) is 1.07. The van der Waals surface area contributed by atoms with Gasteiger partial charge >= 0.3 is 0 Å². The third-order valence-corrected chi connectivity index (χ3v) is 5.45. The summed E-state index contributed by atoms with van der Waals surface area (Å²) in [5.41, 5.74) is 0.446. The molecule has 0 aliphatic heterocycles. The zero-order valence-corrected chi connectivity index (χ0v) is 17.2. The molecule has 0 aliphatic carbocycles. The van der Waals surface area contributed by atoms with E-state index in [1.807, 2.05) is 0 Å². The standard InChI is InChI=1S/C21H21N3O5S/c1-15(29-18-10-8-17(28-2)9-11-18)21(25)23-16-6-12-19(13-7-16)30(26,27)24-20-5-3-4-14-22-20/h3-15H,1-2H3,(H,22,24)(H,23,25)/t15-/m0/s1. The van der Waals surface area contributed by atoms with Gasteiger partial charge in [0.1, 0.15) is 17.3 Å². The summed E-state index contributed by atoms with van der Waals surface area (Å²) in [7, 11) is -2.21. The number of anilines is 2. The SMILES string of the molecule is COc1ccc(O[C@@H](C)C(=O)Nc2ccc(S(=O)(=O)Nc3ccccn3)cc2)cc1. The van der Waals surface area contributed by atoms with E-state index in [2.05, 4.69) is 15.0 Å². The second-order valence-electron chi connectivity index (χ2n) is 6.27. The fourth-order valence-electron chi connectivity index (χ4n) is 2.49. The highest BCUT2D eigenvalue weighted by molar-refractivity contribution is 7.92. The van der Waals surface area contributed by atoms with Gasteiger partial charge in [-0.3, -0.25) is 9.52 Å². The third kappa shape index (κ3) is 5.48. The Bertz CT molecular complexity index is 1090. The summed E-state index contributed by atoms with van der Waals surface area (Å²) in [4.78, 5) is 16.4. The molecule has 1 atom stereocenters. The molecule has 1 aromatic heterocycles. The number of benzene rings is 2. The van der Waals surface area contributed by atoms with E-state index >= 15 is 0 Å². The third-order valence-electron chi connectivity index (χ3n) is 4.08. The van der Waals surface area contributed by atoms with Gasteiger partial charge in [0.05, 0.1) is 12.0 Å². The number of aromatic nitrogens is 1. The lowest BCUT2D eigenvalue weighted by atomic mass is 10.3. The smallest absolute Gasteiger partial charge is 0.265 e. The summed E-state index contributed by atoms with van der Waals surface area (Å²) in [6, 6.07) is 17.6. The van der Waals surface area contributed by atoms with Gasteiger partial charge in [-0.05, 0) is 67.6 Å². The van der Waals surface area contributed by atoms with E-state index in [0.29, 0.717) is 17.2 Å². The molecule has 2 aromatic carbocycles. The largest absolute Gasteiger partial charge is 0.497 e. The van der Waals surface area contributed by atoms with Crippen LogP contribution in [-0.2, 0) is 14.8 Å². The first kappa shape index (κ1) is 21.1. The van der Waals surface area contributed by atoms with Crippen molar-refractivity contribution in [2.75, 3.05) is 17.1 Å². The van der Waals surface area contributed by atoms with Gasteiger partial charge in [0.2, 0.25) is 0 Å². The molecule has 0 bridgehead atoms. The van der Waals surface area contributed by atoms with Crippen molar-refractivity contribution in [3.8, 4) is 11.5 Å². The van der Waals surface area contributed by atoms with E-state index in [0.717, 1.165) is 0 Å². The van der Waals surface area contributed by atoms with Gasteiger partial charge in [-0.25, -0.2) is 13.4 Å². The minimum atomic E-state index is -3.78. The molecule has 30 heavy (non-hydrogen) atoms. The Labute approximate surface area is 174 Å². The Kier molecular flexibility index (Phi) is 6.53. The van der Waals surface area contributed by atoms with Crippen LogP contribution in [0.2, 0.25) is 0 Å². The van der Waals surface area contributed by atoms with Crippen LogP contribution in [-0.4, -0.2) is 32.5 Å². The van der Waals surface area contributed by atoms with E-state index in [4.69, 9.17) is 9.47 Å². The second-order valence-corrected chi connectivity index (χ2v) is 7.95. The Morgan fingerprint density at radius 3 is 2.23 bits per heavy atom. The number of amides is 1. The number of nitrogens with one attached hydrogen (secondary N) is 2. The summed E-state index contributed by atoms with van der Waals surface area (Å²) in [6.07, 6.45) is 0.735. The number of hydrogen-bond donors (Lipinski definition) is 2. The molecule has 0 radical (unpaired) electrons. The summed E-state index contributed by atoms with van der Waals surface area (Å²) < 4.78 is 37.9. The molecule has 156 valence electrons. The molecule has 3 rings (SSSR count). The van der Waals surface area contributed by atoms with Crippen molar-refractivity contribution in [1.29, 1.82) is 0 Å². The van der Waals surface area contributed by atoms with Crippen molar-refractivity contribution in [2.24, 2.45) is 0 Å². The van der Waals surface area contributed by atoms with Crippen LogP contribution in [0.3, 0.4) is 0 Å². The molecular formula is C21H21N3O5S. The van der Waals surface area contributed by atoms with Crippen LogP contribution in [0.1, 0.15) is 6.92 Å². The van der Waals surface area contributed by atoms with Gasteiger partial charge < -0.3 is 14.8 Å². The maximum Gasteiger partial charge on any atom is 0.265 e. The number of carbonyl (C=O) groups excluding carboxylic acids is 1. The molecule has 0 saturated carbocycles. The Morgan fingerprint density at radius 1 is 0.967 bits per heavy atom. The van der Waals surface area contributed by atoms with Crippen LogP contribution >= 0.6 is 0 Å². The predicted molar refractivity (Wildman–Crippen MR) is 113 cm³/mol. The molecule has 0 saturated heterocycles. The van der Waals surface area contributed by atoms with E-state index in [1.54, 1.807) is 56.5 Å². The van der Waals surface area contributed by atoms with Crippen molar-refractivity contribution in [3.05, 3.63) is 72.9 Å². The van der Waals surface area contributed by atoms with E-state index in [9.17, 15) is 13.2 Å². The van der Waals surface area contributed by atoms with E-state index < -0.39 is 16.1 Å². The Morgan fingerprint density at radius 2 is 1.63 bits per heavy atom. The van der Waals surface area contributed by atoms with Crippen LogP contribution in [0.5, 0.6) is 11.5 Å². The predicted octanol–water partition coefficient (Wildman–Crippen LogP) is 3.30. The molecule has 0 spiro atoms. The maximum absolute atomic E-state index is 12.4. The fourth-order valence-corrected chi connectivity index (χ4v) is 3.50. The highest BCUT2D eigenvalue weighted by Crippen LogP contribution is 2.20. The lowest BCUT2D eigenvalue weighted by Gasteiger charge is -2.15. The number of carbonyl (C=O) groups is 1. The van der Waals surface area contributed by atoms with Crippen molar-refractivity contribution in [2.45, 2.75) is 17.9 Å². The molecular weight excluding hydrogens is 406 g/mol. The average molecular weight is 427 g/mol. The average Bonchev–Trinajstić information content (AvgIpc) is 2.75. The molecule has 1 amide bonds. The van der Waals surface area contributed by atoms with Gasteiger partial charge in [-0.1, -0.05) is 6.07 Å². The number of pyridine rings is 1. The zero-order valence-electron chi connectivity index (χ0n) is 16.4. The van der Waals surface area contributed by atoms with E-state index in [-0.39, 0.29) is 16.6 Å². The second kappa shape index (κ2) is 9.27. The summed E-state index contributed by atoms with van der Waals surface area (Å²) in [5, 5.41) is 2.70. The lowest BCUT2D eigenvalue weighted by Crippen LogP contribution is -2.30. The number of hydrogen-bond acceptors (Lipinski definition) is 6. The van der Waals surface area contributed by atoms with Crippen LogP contribution in [0.4, 0.5) is 11.5 Å². The first-order valence-corrected chi connectivity index (χ1v) is 10.5. The Balaban J connectivity index is 1.60. The monoisotopic (exact) mass is 427 g/mol. The normalized spacial score (nSPS) is 11.9. The Hall–Kier alpha value is -3.59. The molecule has 2 N–H and O–H groups in total. The summed E-state index contributed by atoms with van der Waals surface area (Å²) >= 11 is 0. The van der Waals surface area contributed by atoms with Gasteiger partial charge in [0.25, 0.3) is 15.9 Å². The topological polar surface area (TPSA) is 107 Å².